The number of aryl methyl sites for hydroxylation is 2. The van der Waals surface area contributed by atoms with Crippen molar-refractivity contribution >= 4 is 23.4 Å². The molecule has 3 aromatic rings. The molecular weight excluding hydrogens is 452 g/mol. The highest BCUT2D eigenvalue weighted by Crippen LogP contribution is 2.49. The summed E-state index contributed by atoms with van der Waals surface area (Å²) in [6.45, 7) is 5.68. The molecule has 1 aromatic heterocycles. The second kappa shape index (κ2) is 9.44. The van der Waals surface area contributed by atoms with E-state index in [0.29, 0.717) is 17.1 Å². The third-order valence-electron chi connectivity index (χ3n) is 6.21. The summed E-state index contributed by atoms with van der Waals surface area (Å²) in [5, 5.41) is 5.90. The van der Waals surface area contributed by atoms with Gasteiger partial charge in [-0.3, -0.25) is 4.79 Å². The third-order valence-corrected chi connectivity index (χ3v) is 6.21. The first-order chi connectivity index (χ1) is 16.6. The lowest BCUT2D eigenvalue weighted by molar-refractivity contribution is -0.119. The van der Waals surface area contributed by atoms with E-state index in [9.17, 15) is 18.4 Å². The number of pyridine rings is 1. The van der Waals surface area contributed by atoms with Crippen molar-refractivity contribution in [3.63, 3.8) is 0 Å². The molecule has 0 spiro atoms. The van der Waals surface area contributed by atoms with Gasteiger partial charge in [0.15, 0.2) is 5.82 Å². The number of hydrogen-bond donors (Lipinski definition) is 2. The highest BCUT2D eigenvalue weighted by molar-refractivity contribution is 5.98. The van der Waals surface area contributed by atoms with Gasteiger partial charge in [-0.15, -0.1) is 0 Å². The maximum absolute atomic E-state index is 13.3. The van der Waals surface area contributed by atoms with E-state index in [-0.39, 0.29) is 6.04 Å². The maximum Gasteiger partial charge on any atom is 0.338 e. The molecule has 1 unspecified atom stereocenters. The van der Waals surface area contributed by atoms with E-state index in [4.69, 9.17) is 4.74 Å². The van der Waals surface area contributed by atoms with Crippen LogP contribution < -0.4 is 10.6 Å². The maximum atomic E-state index is 13.3. The molecule has 1 fully saturated rings. The molecule has 182 valence electrons. The monoisotopic (exact) mass is 479 g/mol. The molecule has 0 saturated heterocycles. The highest BCUT2D eigenvalue weighted by Gasteiger charge is 2.61. The number of methoxy groups -OCH3 is 1. The predicted octanol–water partition coefficient (Wildman–Crippen LogP) is 5.92. The topological polar surface area (TPSA) is 80.3 Å². The SMILES string of the molecule is COC(=O)c1ccc(C)cc1-c1ccc([C@@H](C)Nc2nccc(C)c2NC(=O)C2CC2(F)F)cc1. The Balaban J connectivity index is 1.54. The third kappa shape index (κ3) is 5.16. The summed E-state index contributed by atoms with van der Waals surface area (Å²) in [5.74, 6) is -4.93. The van der Waals surface area contributed by atoms with E-state index in [2.05, 4.69) is 15.6 Å². The minimum absolute atomic E-state index is 0.200. The summed E-state index contributed by atoms with van der Waals surface area (Å²) in [7, 11) is 1.36. The number of ether oxygens (including phenoxy) is 1. The van der Waals surface area contributed by atoms with Crippen LogP contribution >= 0.6 is 0 Å². The Morgan fingerprint density at radius 3 is 2.43 bits per heavy atom. The van der Waals surface area contributed by atoms with Gasteiger partial charge in [0.25, 0.3) is 5.92 Å². The number of benzene rings is 2. The van der Waals surface area contributed by atoms with Gasteiger partial charge >= 0.3 is 5.97 Å². The number of nitrogens with one attached hydrogen (secondary N) is 2. The quantitative estimate of drug-likeness (QED) is 0.411. The van der Waals surface area contributed by atoms with Crippen LogP contribution in [0.2, 0.25) is 0 Å². The Labute approximate surface area is 202 Å². The number of aromatic nitrogens is 1. The van der Waals surface area contributed by atoms with Crippen molar-refractivity contribution in [3.8, 4) is 11.1 Å². The van der Waals surface area contributed by atoms with Crippen LogP contribution in [-0.4, -0.2) is 29.9 Å². The summed E-state index contributed by atoms with van der Waals surface area (Å²) in [6, 6.07) is 14.8. The van der Waals surface area contributed by atoms with E-state index < -0.39 is 30.1 Å². The number of hydrogen-bond acceptors (Lipinski definition) is 5. The molecule has 35 heavy (non-hydrogen) atoms. The Morgan fingerprint density at radius 2 is 1.80 bits per heavy atom. The van der Waals surface area contributed by atoms with E-state index in [0.717, 1.165) is 27.8 Å². The summed E-state index contributed by atoms with van der Waals surface area (Å²) in [5.41, 5.74) is 5.22. The lowest BCUT2D eigenvalue weighted by Gasteiger charge is -2.20. The van der Waals surface area contributed by atoms with Crippen molar-refractivity contribution in [1.29, 1.82) is 0 Å². The Hall–Kier alpha value is -3.81. The number of rotatable bonds is 7. The van der Waals surface area contributed by atoms with E-state index in [1.54, 1.807) is 25.3 Å². The van der Waals surface area contributed by atoms with Gasteiger partial charge in [-0.25, -0.2) is 18.6 Å². The number of carbonyl (C=O) groups is 2. The highest BCUT2D eigenvalue weighted by atomic mass is 19.3. The second-order valence-corrected chi connectivity index (χ2v) is 8.89. The Morgan fingerprint density at radius 1 is 1.11 bits per heavy atom. The van der Waals surface area contributed by atoms with Crippen LogP contribution in [0.1, 0.15) is 46.4 Å². The van der Waals surface area contributed by atoms with Gasteiger partial charge in [-0.1, -0.05) is 42.0 Å². The molecule has 1 saturated carbocycles. The molecule has 0 bridgehead atoms. The molecule has 8 heteroatoms. The van der Waals surface area contributed by atoms with Crippen LogP contribution in [0, 0.1) is 19.8 Å². The van der Waals surface area contributed by atoms with Gasteiger partial charge < -0.3 is 15.4 Å². The zero-order valence-corrected chi connectivity index (χ0v) is 20.0. The number of carbonyl (C=O) groups excluding carboxylic acids is 2. The summed E-state index contributed by atoms with van der Waals surface area (Å²) < 4.78 is 31.6. The zero-order chi connectivity index (χ0) is 25.3. The average molecular weight is 480 g/mol. The van der Waals surface area contributed by atoms with Crippen LogP contribution in [0.5, 0.6) is 0 Å². The number of nitrogens with zero attached hydrogens (tertiary/aromatic N) is 1. The number of halogens is 2. The van der Waals surface area contributed by atoms with Crippen LogP contribution in [0.15, 0.2) is 54.7 Å². The van der Waals surface area contributed by atoms with E-state index in [1.807, 2.05) is 50.2 Å². The molecule has 0 aliphatic heterocycles. The van der Waals surface area contributed by atoms with Crippen LogP contribution in [0.3, 0.4) is 0 Å². The molecule has 2 atom stereocenters. The summed E-state index contributed by atoms with van der Waals surface area (Å²) >= 11 is 0. The fourth-order valence-corrected chi connectivity index (χ4v) is 3.96. The van der Waals surface area contributed by atoms with Crippen LogP contribution in [-0.2, 0) is 9.53 Å². The molecule has 2 aromatic carbocycles. The first-order valence-electron chi connectivity index (χ1n) is 11.3. The molecule has 4 rings (SSSR count). The minimum Gasteiger partial charge on any atom is -0.465 e. The number of esters is 1. The number of anilines is 2. The van der Waals surface area contributed by atoms with Gasteiger partial charge in [-0.05, 0) is 55.2 Å². The lowest BCUT2D eigenvalue weighted by Crippen LogP contribution is -2.20. The first kappa shape index (κ1) is 24.3. The molecule has 1 amide bonds. The van der Waals surface area contributed by atoms with E-state index >= 15 is 0 Å². The van der Waals surface area contributed by atoms with Gasteiger partial charge in [0.1, 0.15) is 5.92 Å². The fourth-order valence-electron chi connectivity index (χ4n) is 3.96. The Bertz CT molecular complexity index is 1280. The van der Waals surface area contributed by atoms with Crippen molar-refractivity contribution < 1.29 is 23.1 Å². The zero-order valence-electron chi connectivity index (χ0n) is 20.0. The molecule has 1 heterocycles. The number of amides is 1. The van der Waals surface area contributed by atoms with Crippen molar-refractivity contribution in [1.82, 2.24) is 4.98 Å². The molecule has 1 aliphatic carbocycles. The molecule has 0 radical (unpaired) electrons. The van der Waals surface area contributed by atoms with Crippen molar-refractivity contribution in [2.45, 2.75) is 39.2 Å². The smallest absolute Gasteiger partial charge is 0.338 e. The lowest BCUT2D eigenvalue weighted by atomic mass is 9.96. The van der Waals surface area contributed by atoms with Gasteiger partial charge in [-0.2, -0.15) is 0 Å². The van der Waals surface area contributed by atoms with Crippen molar-refractivity contribution in [2.24, 2.45) is 5.92 Å². The largest absolute Gasteiger partial charge is 0.465 e. The number of alkyl halides is 2. The summed E-state index contributed by atoms with van der Waals surface area (Å²) in [6.07, 6.45) is 1.17. The van der Waals surface area contributed by atoms with Gasteiger partial charge in [0.05, 0.1) is 24.4 Å². The second-order valence-electron chi connectivity index (χ2n) is 8.89. The molecule has 6 nitrogen and oxygen atoms in total. The molecular formula is C27H27F2N3O3. The fraction of sp³-hybridized carbons (Fsp3) is 0.296. The Kier molecular flexibility index (Phi) is 6.56. The molecule has 1 aliphatic rings. The average Bonchev–Trinajstić information content (AvgIpc) is 3.48. The van der Waals surface area contributed by atoms with Gasteiger partial charge in [0, 0.05) is 12.6 Å². The van der Waals surface area contributed by atoms with E-state index in [1.165, 1.54) is 7.11 Å². The van der Waals surface area contributed by atoms with Crippen LogP contribution in [0.25, 0.3) is 11.1 Å². The molecule has 2 N–H and O–H groups in total. The van der Waals surface area contributed by atoms with Gasteiger partial charge in [0.2, 0.25) is 5.91 Å². The summed E-state index contributed by atoms with van der Waals surface area (Å²) in [4.78, 5) is 28.8. The predicted molar refractivity (Wildman–Crippen MR) is 131 cm³/mol. The standard InChI is InChI=1S/C27H27F2N3O3/c1-15-5-10-20(26(34)35-4)21(13-15)19-8-6-18(7-9-19)17(3)31-24-23(16(2)11-12-30-24)32-25(33)22-14-27(22,28)29/h5-13,17,22H,14H2,1-4H3,(H,30,31)(H,32,33)/t17-,22?/m1/s1. The minimum atomic E-state index is -2.94. The van der Waals surface area contributed by atoms with Crippen molar-refractivity contribution in [2.75, 3.05) is 17.7 Å². The first-order valence-corrected chi connectivity index (χ1v) is 11.3. The van der Waals surface area contributed by atoms with Crippen molar-refractivity contribution in [3.05, 3.63) is 77.0 Å². The normalized spacial score (nSPS) is 16.8. The van der Waals surface area contributed by atoms with Crippen LogP contribution in [0.4, 0.5) is 20.3 Å².